The van der Waals surface area contributed by atoms with Gasteiger partial charge < -0.3 is 14.6 Å². The Balaban J connectivity index is 0.00000562. The number of ether oxygens (including phenoxy) is 1. The predicted octanol–water partition coefficient (Wildman–Crippen LogP) is 4.08. The molecule has 1 heterocycles. The summed E-state index contributed by atoms with van der Waals surface area (Å²) in [5.41, 5.74) is 3.91. The van der Waals surface area contributed by atoms with Crippen molar-refractivity contribution in [1.29, 1.82) is 0 Å². The Bertz CT molecular complexity index is 2080. The second-order valence-corrected chi connectivity index (χ2v) is 15.0. The molecule has 0 aliphatic heterocycles. The summed E-state index contributed by atoms with van der Waals surface area (Å²) < 4.78 is 34.5. The van der Waals surface area contributed by atoms with Crippen molar-refractivity contribution in [3.05, 3.63) is 136 Å². The zero-order valence-corrected chi connectivity index (χ0v) is 32.5. The van der Waals surface area contributed by atoms with Crippen molar-refractivity contribution in [2.75, 3.05) is 5.75 Å². The SMILES string of the molecule is CCC(CSC(CCc1ccccc1C(=O)NS(=O)(=O)c1ccccc1C)c1cccc(OCc2ccc3ccc(Cl)cc3n2)c1)C(=O)[O-].[Na+]. The molecule has 0 bridgehead atoms. The van der Waals surface area contributed by atoms with E-state index >= 15 is 0 Å². The number of rotatable bonds is 15. The first-order chi connectivity index (χ1) is 23.5. The molecule has 0 aliphatic carbocycles. The number of carbonyl (C=O) groups is 2. The molecule has 12 heteroatoms. The molecular formula is C38H36ClN2NaO6S2. The number of carboxylic acids is 1. The summed E-state index contributed by atoms with van der Waals surface area (Å²) in [6.45, 7) is 3.73. The Morgan fingerprint density at radius 2 is 1.70 bits per heavy atom. The number of benzene rings is 4. The number of thioether (sulfide) groups is 1. The molecule has 4 aromatic carbocycles. The predicted molar refractivity (Wildman–Crippen MR) is 192 cm³/mol. The summed E-state index contributed by atoms with van der Waals surface area (Å²) in [6, 6.07) is 30.4. The molecule has 1 aromatic heterocycles. The number of nitrogens with one attached hydrogen (secondary N) is 1. The maximum atomic E-state index is 13.3. The van der Waals surface area contributed by atoms with Crippen molar-refractivity contribution in [2.24, 2.45) is 5.92 Å². The number of hydrogen-bond acceptors (Lipinski definition) is 8. The quantitative estimate of drug-likeness (QED) is 0.160. The van der Waals surface area contributed by atoms with Crippen LogP contribution in [-0.4, -0.2) is 31.0 Å². The van der Waals surface area contributed by atoms with Crippen molar-refractivity contribution in [1.82, 2.24) is 9.71 Å². The van der Waals surface area contributed by atoms with Gasteiger partial charge in [-0.05, 0) is 85.3 Å². The Morgan fingerprint density at radius 1 is 0.960 bits per heavy atom. The minimum absolute atomic E-state index is 0. The fraction of sp³-hybridized carbons (Fsp3) is 0.237. The normalized spacial score (nSPS) is 12.5. The summed E-state index contributed by atoms with van der Waals surface area (Å²) >= 11 is 7.66. The van der Waals surface area contributed by atoms with Crippen molar-refractivity contribution in [3.8, 4) is 5.75 Å². The number of hydrogen-bond donors (Lipinski definition) is 1. The van der Waals surface area contributed by atoms with E-state index in [2.05, 4.69) is 9.71 Å². The smallest absolute Gasteiger partial charge is 0.550 e. The van der Waals surface area contributed by atoms with Crippen LogP contribution in [0.25, 0.3) is 10.9 Å². The molecule has 5 rings (SSSR count). The van der Waals surface area contributed by atoms with E-state index in [4.69, 9.17) is 16.3 Å². The molecule has 0 spiro atoms. The molecule has 0 saturated carbocycles. The van der Waals surface area contributed by atoms with Gasteiger partial charge in [-0.1, -0.05) is 79.2 Å². The molecule has 8 nitrogen and oxygen atoms in total. The van der Waals surface area contributed by atoms with Crippen LogP contribution in [0.3, 0.4) is 0 Å². The van der Waals surface area contributed by atoms with E-state index < -0.39 is 27.8 Å². The van der Waals surface area contributed by atoms with E-state index in [1.807, 2.05) is 61.5 Å². The zero-order chi connectivity index (χ0) is 35.0. The van der Waals surface area contributed by atoms with Crippen LogP contribution in [0.1, 0.15) is 57.8 Å². The second kappa shape index (κ2) is 18.2. The molecule has 0 radical (unpaired) electrons. The number of fused-ring (bicyclic) bond motifs is 1. The number of carbonyl (C=O) groups excluding carboxylic acids is 2. The molecule has 0 saturated heterocycles. The van der Waals surface area contributed by atoms with E-state index in [-0.39, 0.29) is 51.9 Å². The van der Waals surface area contributed by atoms with Crippen LogP contribution in [0, 0.1) is 12.8 Å². The van der Waals surface area contributed by atoms with E-state index in [9.17, 15) is 23.1 Å². The molecule has 0 fully saturated rings. The van der Waals surface area contributed by atoms with Gasteiger partial charge in [0.1, 0.15) is 12.4 Å². The number of aryl methyl sites for hydroxylation is 2. The number of carboxylic acid groups (broad SMARTS) is 1. The number of aromatic nitrogens is 1. The van der Waals surface area contributed by atoms with Gasteiger partial charge in [0.2, 0.25) is 0 Å². The number of pyridine rings is 1. The molecule has 1 N–H and O–H groups in total. The Hall–Kier alpha value is -3.38. The van der Waals surface area contributed by atoms with Crippen LogP contribution in [0.4, 0.5) is 0 Å². The maximum Gasteiger partial charge on any atom is 1.00 e. The van der Waals surface area contributed by atoms with Gasteiger partial charge in [-0.25, -0.2) is 18.1 Å². The van der Waals surface area contributed by atoms with Gasteiger partial charge in [0.15, 0.2) is 0 Å². The Morgan fingerprint density at radius 3 is 2.46 bits per heavy atom. The maximum absolute atomic E-state index is 13.3. The van der Waals surface area contributed by atoms with E-state index in [0.717, 1.165) is 22.2 Å². The third kappa shape index (κ3) is 10.3. The van der Waals surface area contributed by atoms with Gasteiger partial charge >= 0.3 is 29.6 Å². The molecule has 1 amide bonds. The average molecular weight is 739 g/mol. The van der Waals surface area contributed by atoms with E-state index in [1.54, 1.807) is 49.4 Å². The summed E-state index contributed by atoms with van der Waals surface area (Å²) in [7, 11) is -4.09. The topological polar surface area (TPSA) is 125 Å². The minimum atomic E-state index is -4.09. The molecule has 50 heavy (non-hydrogen) atoms. The summed E-state index contributed by atoms with van der Waals surface area (Å²) in [6.07, 6.45) is 1.41. The number of amides is 1. The van der Waals surface area contributed by atoms with Gasteiger partial charge in [0, 0.05) is 38.9 Å². The van der Waals surface area contributed by atoms with E-state index in [0.29, 0.717) is 46.9 Å². The molecule has 2 atom stereocenters. The third-order valence-corrected chi connectivity index (χ3v) is 11.4. The minimum Gasteiger partial charge on any atom is -0.550 e. The van der Waals surface area contributed by atoms with Crippen molar-refractivity contribution < 1.29 is 57.4 Å². The average Bonchev–Trinajstić information content (AvgIpc) is 3.08. The van der Waals surface area contributed by atoms with Crippen molar-refractivity contribution >= 4 is 56.2 Å². The van der Waals surface area contributed by atoms with Gasteiger partial charge in [-0.2, -0.15) is 11.8 Å². The summed E-state index contributed by atoms with van der Waals surface area (Å²) in [5, 5.41) is 13.2. The van der Waals surface area contributed by atoms with Crippen molar-refractivity contribution in [3.63, 3.8) is 0 Å². The monoisotopic (exact) mass is 738 g/mol. The molecule has 5 aromatic rings. The number of halogens is 1. The zero-order valence-electron chi connectivity index (χ0n) is 28.1. The van der Waals surface area contributed by atoms with Crippen LogP contribution >= 0.6 is 23.4 Å². The van der Waals surface area contributed by atoms with Crippen LogP contribution in [0.2, 0.25) is 5.02 Å². The third-order valence-electron chi connectivity index (χ3n) is 8.20. The summed E-state index contributed by atoms with van der Waals surface area (Å²) in [4.78, 5) is 29.8. The first-order valence-electron chi connectivity index (χ1n) is 15.8. The largest absolute Gasteiger partial charge is 1.00 e. The van der Waals surface area contributed by atoms with Gasteiger partial charge in [-0.3, -0.25) is 4.79 Å². The van der Waals surface area contributed by atoms with Crippen LogP contribution in [-0.2, 0) is 27.8 Å². The van der Waals surface area contributed by atoms with E-state index in [1.165, 1.54) is 17.8 Å². The fourth-order valence-corrected chi connectivity index (χ4v) is 8.28. The van der Waals surface area contributed by atoms with Gasteiger partial charge in [-0.15, -0.1) is 0 Å². The molecule has 254 valence electrons. The molecular weight excluding hydrogens is 703 g/mol. The number of nitrogens with zero attached hydrogens (tertiary/aromatic N) is 1. The second-order valence-electron chi connectivity index (χ2n) is 11.6. The standard InChI is InChI=1S/C38H37ClN2O6S2.Na/c1-3-26(38(43)44)24-48-35(29-11-8-12-32(21-29)47-23-31-19-16-28-15-18-30(39)22-34(28)40-31)20-17-27-10-5-6-13-33(27)37(42)41-49(45,46)36-14-7-4-9-25(36)2;/h4-16,18-19,21-22,26,35H,3,17,20,23-24H2,1-2H3,(H,41,42)(H,43,44);/q;+1/p-1. The first kappa shape index (κ1) is 39.4. The number of sulfonamides is 1. The van der Waals surface area contributed by atoms with Gasteiger partial charge in [0.25, 0.3) is 15.9 Å². The van der Waals surface area contributed by atoms with Crippen LogP contribution in [0.5, 0.6) is 5.75 Å². The Kier molecular flexibility index (Phi) is 14.4. The van der Waals surface area contributed by atoms with Crippen molar-refractivity contribution in [2.45, 2.75) is 49.9 Å². The van der Waals surface area contributed by atoms with Crippen LogP contribution < -0.4 is 44.1 Å². The van der Waals surface area contributed by atoms with Crippen LogP contribution in [0.15, 0.2) is 108 Å². The summed E-state index contributed by atoms with van der Waals surface area (Å²) in [5.74, 6) is -1.46. The van der Waals surface area contributed by atoms with Gasteiger partial charge in [0.05, 0.1) is 16.1 Å². The number of aliphatic carboxylic acids is 1. The Labute approximate surface area is 324 Å². The first-order valence-corrected chi connectivity index (χ1v) is 18.8. The fourth-order valence-electron chi connectivity index (χ4n) is 5.44. The molecule has 0 aliphatic rings. The molecule has 2 unspecified atom stereocenters.